The van der Waals surface area contributed by atoms with Gasteiger partial charge in [-0.25, -0.2) is 4.79 Å². The summed E-state index contributed by atoms with van der Waals surface area (Å²) >= 11 is 1.29. The lowest BCUT2D eigenvalue weighted by Crippen LogP contribution is -2.23. The fourth-order valence-electron chi connectivity index (χ4n) is 3.62. The maximum Gasteiger partial charge on any atom is 0.335 e. The van der Waals surface area contributed by atoms with Crippen molar-refractivity contribution in [1.29, 1.82) is 0 Å². The molecule has 2 N–H and O–H groups in total. The lowest BCUT2D eigenvalue weighted by molar-refractivity contribution is -0.115. The number of hydrogen-bond donors (Lipinski definition) is 2. The molecule has 0 aliphatic carbocycles. The van der Waals surface area contributed by atoms with Gasteiger partial charge in [-0.1, -0.05) is 49.9 Å². The topological polar surface area (TPSA) is 106 Å². The van der Waals surface area contributed by atoms with Gasteiger partial charge in [0.2, 0.25) is 5.91 Å². The van der Waals surface area contributed by atoms with Crippen LogP contribution in [-0.4, -0.2) is 37.0 Å². The van der Waals surface area contributed by atoms with Crippen molar-refractivity contribution >= 4 is 29.3 Å². The molecular formula is C26H32N4O4S. The molecule has 2 atom stereocenters. The molecule has 3 aromatic rings. The van der Waals surface area contributed by atoms with Gasteiger partial charge in [0.15, 0.2) is 17.1 Å². The number of carbonyl (C=O) groups is 2. The maximum absolute atomic E-state index is 12.8. The molecule has 1 aromatic heterocycles. The molecule has 1 amide bonds. The predicted octanol–water partition coefficient (Wildman–Crippen LogP) is 5.94. The Kier molecular flexibility index (Phi) is 8.56. The SMILES string of the molecule is CC(Sc1nnc(C(C)Oc2ccccc2C(C)C)n1C(C)C)C(=O)Nc1cccc(C(=O)O)c1. The third-order valence-electron chi connectivity index (χ3n) is 5.44. The lowest BCUT2D eigenvalue weighted by Gasteiger charge is -2.21. The van der Waals surface area contributed by atoms with E-state index >= 15 is 0 Å². The average molecular weight is 497 g/mol. The summed E-state index contributed by atoms with van der Waals surface area (Å²) in [5, 5.41) is 20.8. The third kappa shape index (κ3) is 6.42. The number of thioether (sulfide) groups is 1. The molecule has 0 radical (unpaired) electrons. The molecule has 0 fully saturated rings. The van der Waals surface area contributed by atoms with Crippen LogP contribution in [0.2, 0.25) is 0 Å². The zero-order valence-electron chi connectivity index (χ0n) is 20.9. The van der Waals surface area contributed by atoms with Gasteiger partial charge in [0.1, 0.15) is 5.75 Å². The van der Waals surface area contributed by atoms with Gasteiger partial charge >= 0.3 is 5.97 Å². The van der Waals surface area contributed by atoms with Gasteiger partial charge < -0.3 is 19.7 Å². The summed E-state index contributed by atoms with van der Waals surface area (Å²) in [7, 11) is 0. The van der Waals surface area contributed by atoms with Crippen molar-refractivity contribution in [3.63, 3.8) is 0 Å². The van der Waals surface area contributed by atoms with Crippen molar-refractivity contribution in [2.45, 2.75) is 70.0 Å². The molecule has 35 heavy (non-hydrogen) atoms. The molecule has 9 heteroatoms. The largest absolute Gasteiger partial charge is 0.482 e. The number of carboxylic acids is 1. The summed E-state index contributed by atoms with van der Waals surface area (Å²) in [5.41, 5.74) is 1.67. The Morgan fingerprint density at radius 3 is 2.37 bits per heavy atom. The van der Waals surface area contributed by atoms with Crippen LogP contribution in [0.1, 0.15) is 81.4 Å². The van der Waals surface area contributed by atoms with Gasteiger partial charge in [0.05, 0.1) is 10.8 Å². The Hall–Kier alpha value is -3.33. The number of benzene rings is 2. The Bertz CT molecular complexity index is 1190. The number of rotatable bonds is 10. The van der Waals surface area contributed by atoms with Crippen LogP contribution in [0, 0.1) is 0 Å². The first-order valence-electron chi connectivity index (χ1n) is 11.6. The van der Waals surface area contributed by atoms with Crippen molar-refractivity contribution < 1.29 is 19.4 Å². The molecule has 1 heterocycles. The average Bonchev–Trinajstić information content (AvgIpc) is 3.23. The van der Waals surface area contributed by atoms with E-state index in [1.165, 1.54) is 23.9 Å². The van der Waals surface area contributed by atoms with Gasteiger partial charge in [-0.15, -0.1) is 10.2 Å². The van der Waals surface area contributed by atoms with E-state index < -0.39 is 11.2 Å². The van der Waals surface area contributed by atoms with E-state index in [4.69, 9.17) is 9.84 Å². The van der Waals surface area contributed by atoms with E-state index in [1.54, 1.807) is 19.1 Å². The normalized spacial score (nSPS) is 13.0. The number of amides is 1. The molecule has 2 unspecified atom stereocenters. The Balaban J connectivity index is 1.76. The molecule has 0 aliphatic rings. The van der Waals surface area contributed by atoms with Crippen LogP contribution < -0.4 is 10.1 Å². The van der Waals surface area contributed by atoms with Gasteiger partial charge in [0.25, 0.3) is 0 Å². The number of aromatic nitrogens is 3. The van der Waals surface area contributed by atoms with Crippen molar-refractivity contribution in [1.82, 2.24) is 14.8 Å². The maximum atomic E-state index is 12.8. The minimum atomic E-state index is -1.05. The monoisotopic (exact) mass is 496 g/mol. The molecule has 186 valence electrons. The summed E-state index contributed by atoms with van der Waals surface area (Å²) in [6, 6.07) is 14.2. The number of aromatic carboxylic acids is 1. The summed E-state index contributed by atoms with van der Waals surface area (Å²) in [5.74, 6) is 0.519. The van der Waals surface area contributed by atoms with E-state index in [-0.39, 0.29) is 23.6 Å². The molecule has 0 spiro atoms. The van der Waals surface area contributed by atoms with Gasteiger partial charge in [-0.3, -0.25) is 4.79 Å². The summed E-state index contributed by atoms with van der Waals surface area (Å²) in [6.45, 7) is 12.0. The van der Waals surface area contributed by atoms with Gasteiger partial charge in [-0.05, 0) is 63.4 Å². The van der Waals surface area contributed by atoms with Crippen molar-refractivity contribution in [2.24, 2.45) is 0 Å². The zero-order valence-corrected chi connectivity index (χ0v) is 21.7. The first-order valence-corrected chi connectivity index (χ1v) is 12.5. The second kappa shape index (κ2) is 11.4. The summed E-state index contributed by atoms with van der Waals surface area (Å²) in [4.78, 5) is 24.0. The molecule has 0 saturated heterocycles. The molecule has 0 aliphatic heterocycles. The number of nitrogens with zero attached hydrogens (tertiary/aromatic N) is 3. The molecule has 8 nitrogen and oxygen atoms in total. The number of carbonyl (C=O) groups excluding carboxylic acids is 1. The van der Waals surface area contributed by atoms with Crippen molar-refractivity contribution in [2.75, 3.05) is 5.32 Å². The molecule has 3 rings (SSSR count). The number of nitrogens with one attached hydrogen (secondary N) is 1. The highest BCUT2D eigenvalue weighted by molar-refractivity contribution is 8.00. The second-order valence-corrected chi connectivity index (χ2v) is 10.2. The van der Waals surface area contributed by atoms with Crippen LogP contribution in [0.25, 0.3) is 0 Å². The number of carboxylic acid groups (broad SMARTS) is 1. The van der Waals surface area contributed by atoms with Crippen LogP contribution in [0.4, 0.5) is 5.69 Å². The molecular weight excluding hydrogens is 464 g/mol. The van der Waals surface area contributed by atoms with E-state index in [2.05, 4.69) is 35.4 Å². The quantitative estimate of drug-likeness (QED) is 0.335. The van der Waals surface area contributed by atoms with Crippen molar-refractivity contribution in [3.05, 3.63) is 65.5 Å². The van der Waals surface area contributed by atoms with E-state index in [0.717, 1.165) is 11.3 Å². The zero-order chi connectivity index (χ0) is 25.7. The van der Waals surface area contributed by atoms with Crippen LogP contribution in [-0.2, 0) is 4.79 Å². The number of anilines is 1. The minimum Gasteiger partial charge on any atom is -0.482 e. The van der Waals surface area contributed by atoms with Crippen LogP contribution in [0.3, 0.4) is 0 Å². The van der Waals surface area contributed by atoms with Gasteiger partial charge in [0, 0.05) is 11.7 Å². The van der Waals surface area contributed by atoms with Crippen molar-refractivity contribution in [3.8, 4) is 5.75 Å². The van der Waals surface area contributed by atoms with E-state index in [1.807, 2.05) is 43.5 Å². The molecule has 0 bridgehead atoms. The highest BCUT2D eigenvalue weighted by atomic mass is 32.2. The smallest absolute Gasteiger partial charge is 0.335 e. The van der Waals surface area contributed by atoms with Crippen LogP contribution in [0.15, 0.2) is 53.7 Å². The summed E-state index contributed by atoms with van der Waals surface area (Å²) < 4.78 is 8.29. The first-order chi connectivity index (χ1) is 16.6. The highest BCUT2D eigenvalue weighted by Gasteiger charge is 2.25. The third-order valence-corrected chi connectivity index (χ3v) is 6.50. The minimum absolute atomic E-state index is 0.0522. The van der Waals surface area contributed by atoms with E-state index in [9.17, 15) is 9.59 Å². The fourth-order valence-corrected chi connectivity index (χ4v) is 4.61. The lowest BCUT2D eigenvalue weighted by atomic mass is 10.0. The fraction of sp³-hybridized carbons (Fsp3) is 0.385. The second-order valence-electron chi connectivity index (χ2n) is 8.89. The summed E-state index contributed by atoms with van der Waals surface area (Å²) in [6.07, 6.45) is -0.345. The Labute approximate surface area is 210 Å². The van der Waals surface area contributed by atoms with Crippen LogP contribution in [0.5, 0.6) is 5.75 Å². The Morgan fingerprint density at radius 1 is 1.00 bits per heavy atom. The number of para-hydroxylation sites is 1. The van der Waals surface area contributed by atoms with E-state index in [0.29, 0.717) is 22.6 Å². The van der Waals surface area contributed by atoms with Gasteiger partial charge in [-0.2, -0.15) is 0 Å². The number of hydrogen-bond acceptors (Lipinski definition) is 6. The number of ether oxygens (including phenoxy) is 1. The molecule has 0 saturated carbocycles. The predicted molar refractivity (Wildman–Crippen MR) is 137 cm³/mol. The molecule has 2 aromatic carbocycles. The first kappa shape index (κ1) is 26.3. The highest BCUT2D eigenvalue weighted by Crippen LogP contribution is 2.33. The Morgan fingerprint density at radius 2 is 1.71 bits per heavy atom. The van der Waals surface area contributed by atoms with Crippen LogP contribution >= 0.6 is 11.8 Å². The standard InChI is InChI=1S/C26H32N4O4S/c1-15(2)21-12-7-8-13-22(21)34-17(5)23-28-29-26(30(23)16(3)4)35-18(6)24(31)27-20-11-9-10-19(14-20)25(32)33/h7-18H,1-6H3,(H,27,31)(H,32,33).